The van der Waals surface area contributed by atoms with Gasteiger partial charge in [0.2, 0.25) is 0 Å². The van der Waals surface area contributed by atoms with E-state index in [0.29, 0.717) is 17.9 Å². The minimum absolute atomic E-state index is 0.0827. The lowest BCUT2D eigenvalue weighted by molar-refractivity contribution is 0.598. The van der Waals surface area contributed by atoms with E-state index in [1.807, 2.05) is 19.9 Å². The van der Waals surface area contributed by atoms with Crippen molar-refractivity contribution < 1.29 is 8.42 Å². The zero-order valence-corrected chi connectivity index (χ0v) is 13.7. The monoisotopic (exact) mass is 357 g/mol. The summed E-state index contributed by atoms with van der Waals surface area (Å²) in [4.78, 5) is 6.82. The first kappa shape index (κ1) is 15.1. The Labute approximate surface area is 127 Å². The summed E-state index contributed by atoms with van der Waals surface area (Å²) in [7, 11) is -3.63. The van der Waals surface area contributed by atoms with Gasteiger partial charge in [-0.1, -0.05) is 29.8 Å². The van der Waals surface area contributed by atoms with E-state index in [4.69, 9.17) is 0 Å². The number of hydrogen-bond donors (Lipinski definition) is 2. The van der Waals surface area contributed by atoms with Crippen molar-refractivity contribution in [3.63, 3.8) is 0 Å². The first-order chi connectivity index (χ1) is 9.46. The van der Waals surface area contributed by atoms with Crippen LogP contribution in [0.4, 0.5) is 5.69 Å². The summed E-state index contributed by atoms with van der Waals surface area (Å²) in [6.07, 6.45) is 2.74. The van der Waals surface area contributed by atoms with Gasteiger partial charge in [0.15, 0.2) is 5.03 Å². The van der Waals surface area contributed by atoms with Crippen LogP contribution in [0.1, 0.15) is 25.2 Å². The number of anilines is 1. The van der Waals surface area contributed by atoms with Gasteiger partial charge in [-0.15, -0.1) is 0 Å². The molecule has 0 radical (unpaired) electrons. The molecule has 2 N–H and O–H groups in total. The lowest BCUT2D eigenvalue weighted by Crippen LogP contribution is -2.14. The molecule has 0 saturated heterocycles. The Morgan fingerprint density at radius 3 is 2.65 bits per heavy atom. The number of aromatic amines is 1. The van der Waals surface area contributed by atoms with Crippen LogP contribution in [0.15, 0.2) is 33.9 Å². The normalized spacial score (nSPS) is 11.6. The number of rotatable bonds is 5. The van der Waals surface area contributed by atoms with E-state index in [9.17, 15) is 8.42 Å². The average Bonchev–Trinajstić information content (AvgIpc) is 2.90. The Morgan fingerprint density at radius 1 is 1.30 bits per heavy atom. The largest absolute Gasteiger partial charge is 0.332 e. The number of nitrogens with one attached hydrogen (secondary N) is 2. The quantitative estimate of drug-likeness (QED) is 0.863. The van der Waals surface area contributed by atoms with Crippen LogP contribution in [-0.4, -0.2) is 18.4 Å². The zero-order chi connectivity index (χ0) is 14.8. The van der Waals surface area contributed by atoms with Gasteiger partial charge in [-0.25, -0.2) is 4.98 Å². The molecular formula is C13H16BrN3O2S. The minimum atomic E-state index is -3.63. The van der Waals surface area contributed by atoms with Gasteiger partial charge in [0.05, 0.1) is 11.9 Å². The Bertz CT molecular complexity index is 710. The van der Waals surface area contributed by atoms with E-state index in [0.717, 1.165) is 16.5 Å². The molecule has 2 rings (SSSR count). The van der Waals surface area contributed by atoms with Crippen LogP contribution in [0.25, 0.3) is 0 Å². The summed E-state index contributed by atoms with van der Waals surface area (Å²) < 4.78 is 28.1. The van der Waals surface area contributed by atoms with Crippen LogP contribution in [0.5, 0.6) is 0 Å². The zero-order valence-electron chi connectivity index (χ0n) is 11.3. The van der Waals surface area contributed by atoms with Gasteiger partial charge in [0, 0.05) is 10.9 Å². The molecule has 0 aliphatic carbocycles. The third-order valence-electron chi connectivity index (χ3n) is 2.92. The maximum absolute atomic E-state index is 12.3. The van der Waals surface area contributed by atoms with Gasteiger partial charge in [-0.05, 0) is 30.2 Å². The second-order valence-electron chi connectivity index (χ2n) is 4.31. The SMILES string of the molecule is CCc1ncc(S(=O)(=O)Nc2ccc(Br)cc2CC)[nH]1. The van der Waals surface area contributed by atoms with E-state index >= 15 is 0 Å². The van der Waals surface area contributed by atoms with E-state index in [1.54, 1.807) is 12.1 Å². The van der Waals surface area contributed by atoms with Gasteiger partial charge < -0.3 is 4.98 Å². The number of halogens is 1. The number of aromatic nitrogens is 2. The molecule has 1 aromatic heterocycles. The van der Waals surface area contributed by atoms with Crippen LogP contribution in [0.3, 0.4) is 0 Å². The minimum Gasteiger partial charge on any atom is -0.332 e. The molecule has 7 heteroatoms. The molecule has 0 atom stereocenters. The Morgan fingerprint density at radius 2 is 2.05 bits per heavy atom. The van der Waals surface area contributed by atoms with Crippen LogP contribution >= 0.6 is 15.9 Å². The van der Waals surface area contributed by atoms with Crippen LogP contribution in [0, 0.1) is 0 Å². The van der Waals surface area contributed by atoms with Crippen molar-refractivity contribution in [3.05, 3.63) is 40.3 Å². The second-order valence-corrected chi connectivity index (χ2v) is 6.87. The van der Waals surface area contributed by atoms with E-state index < -0.39 is 10.0 Å². The van der Waals surface area contributed by atoms with Gasteiger partial charge in [0.1, 0.15) is 5.82 Å². The number of H-pyrrole nitrogens is 1. The molecule has 0 bridgehead atoms. The molecule has 0 amide bonds. The number of sulfonamides is 1. The van der Waals surface area contributed by atoms with Crippen molar-refractivity contribution in [2.24, 2.45) is 0 Å². The van der Waals surface area contributed by atoms with Gasteiger partial charge in [0.25, 0.3) is 10.0 Å². The third kappa shape index (κ3) is 3.21. The Hall–Kier alpha value is -1.34. The van der Waals surface area contributed by atoms with Crippen LogP contribution < -0.4 is 4.72 Å². The molecule has 5 nitrogen and oxygen atoms in total. The fourth-order valence-corrected chi connectivity index (χ4v) is 3.26. The van der Waals surface area contributed by atoms with E-state index in [1.165, 1.54) is 6.20 Å². The smallest absolute Gasteiger partial charge is 0.278 e. The number of benzene rings is 1. The first-order valence-electron chi connectivity index (χ1n) is 6.31. The van der Waals surface area contributed by atoms with Gasteiger partial charge >= 0.3 is 0 Å². The molecule has 1 heterocycles. The number of nitrogens with zero attached hydrogens (tertiary/aromatic N) is 1. The molecule has 0 spiro atoms. The summed E-state index contributed by atoms with van der Waals surface area (Å²) in [6, 6.07) is 5.46. The number of imidazole rings is 1. The van der Waals surface area contributed by atoms with E-state index in [2.05, 4.69) is 30.6 Å². The summed E-state index contributed by atoms with van der Waals surface area (Å²) in [5, 5.41) is 0.0827. The van der Waals surface area contributed by atoms with Crippen LogP contribution in [0.2, 0.25) is 0 Å². The summed E-state index contributed by atoms with van der Waals surface area (Å²) in [5.74, 6) is 0.650. The number of hydrogen-bond acceptors (Lipinski definition) is 3. The Kier molecular flexibility index (Phi) is 4.49. The highest BCUT2D eigenvalue weighted by Gasteiger charge is 2.18. The van der Waals surface area contributed by atoms with Crippen molar-refractivity contribution >= 4 is 31.6 Å². The molecule has 2 aromatic rings. The Balaban J connectivity index is 2.33. The number of aryl methyl sites for hydroxylation is 2. The van der Waals surface area contributed by atoms with Crippen molar-refractivity contribution in [2.75, 3.05) is 4.72 Å². The van der Waals surface area contributed by atoms with Crippen LogP contribution in [-0.2, 0) is 22.9 Å². The highest BCUT2D eigenvalue weighted by Crippen LogP contribution is 2.24. The lowest BCUT2D eigenvalue weighted by Gasteiger charge is -2.11. The summed E-state index contributed by atoms with van der Waals surface area (Å²) in [6.45, 7) is 3.89. The molecule has 0 unspecified atom stereocenters. The molecule has 0 saturated carbocycles. The fourth-order valence-electron chi connectivity index (χ4n) is 1.81. The van der Waals surface area contributed by atoms with Gasteiger partial charge in [-0.2, -0.15) is 8.42 Å². The molecular weight excluding hydrogens is 342 g/mol. The predicted molar refractivity (Wildman–Crippen MR) is 82.3 cm³/mol. The predicted octanol–water partition coefficient (Wildman–Crippen LogP) is 3.10. The average molecular weight is 358 g/mol. The van der Waals surface area contributed by atoms with E-state index in [-0.39, 0.29) is 5.03 Å². The third-order valence-corrected chi connectivity index (χ3v) is 4.69. The van der Waals surface area contributed by atoms with Crippen molar-refractivity contribution in [2.45, 2.75) is 31.7 Å². The highest BCUT2D eigenvalue weighted by atomic mass is 79.9. The van der Waals surface area contributed by atoms with Crippen molar-refractivity contribution in [3.8, 4) is 0 Å². The topological polar surface area (TPSA) is 74.8 Å². The molecule has 108 valence electrons. The second kappa shape index (κ2) is 5.97. The maximum Gasteiger partial charge on any atom is 0.278 e. The molecule has 1 aromatic carbocycles. The highest BCUT2D eigenvalue weighted by molar-refractivity contribution is 9.10. The van der Waals surface area contributed by atoms with Gasteiger partial charge in [-0.3, -0.25) is 4.72 Å². The summed E-state index contributed by atoms with van der Waals surface area (Å²) >= 11 is 3.38. The standard InChI is InChI=1S/C13H16BrN3O2S/c1-3-9-7-10(14)5-6-11(9)17-20(18,19)13-8-15-12(4-2)16-13/h5-8,17H,3-4H2,1-2H3,(H,15,16). The molecule has 0 aliphatic rings. The molecule has 0 aliphatic heterocycles. The lowest BCUT2D eigenvalue weighted by atomic mass is 10.1. The maximum atomic E-state index is 12.3. The van der Waals surface area contributed by atoms with Crippen molar-refractivity contribution in [1.82, 2.24) is 9.97 Å². The molecule has 20 heavy (non-hydrogen) atoms. The molecule has 0 fully saturated rings. The van der Waals surface area contributed by atoms with Crippen molar-refractivity contribution in [1.29, 1.82) is 0 Å². The fraction of sp³-hybridized carbons (Fsp3) is 0.308. The summed E-state index contributed by atoms with van der Waals surface area (Å²) in [5.41, 5.74) is 1.52. The first-order valence-corrected chi connectivity index (χ1v) is 8.59.